The van der Waals surface area contributed by atoms with Gasteiger partial charge in [-0.25, -0.2) is 9.18 Å². The number of nitriles is 1. The van der Waals surface area contributed by atoms with Gasteiger partial charge in [0.1, 0.15) is 23.4 Å². The van der Waals surface area contributed by atoms with Gasteiger partial charge in [0, 0.05) is 26.2 Å². The zero-order valence-electron chi connectivity index (χ0n) is 21.9. The van der Waals surface area contributed by atoms with Gasteiger partial charge in [0.15, 0.2) is 5.78 Å². The van der Waals surface area contributed by atoms with E-state index < -0.39 is 35.3 Å². The number of hydrogen-bond donors (Lipinski definition) is 0. The molecule has 1 amide bonds. The van der Waals surface area contributed by atoms with Crippen LogP contribution in [0.5, 0.6) is 0 Å². The van der Waals surface area contributed by atoms with Gasteiger partial charge in [-0.05, 0) is 62.8 Å². The van der Waals surface area contributed by atoms with Crippen LogP contribution >= 0.6 is 0 Å². The average molecular weight is 514 g/mol. The van der Waals surface area contributed by atoms with Crippen molar-refractivity contribution in [3.63, 3.8) is 0 Å². The highest BCUT2D eigenvalue weighted by Gasteiger charge is 2.34. The normalized spacial score (nSPS) is 22.3. The Morgan fingerprint density at radius 3 is 2.65 bits per heavy atom. The smallest absolute Gasteiger partial charge is 0.410 e. The first-order valence-electron chi connectivity index (χ1n) is 13.0. The Morgan fingerprint density at radius 2 is 2.05 bits per heavy atom. The Hall–Kier alpha value is -2.80. The Bertz CT molecular complexity index is 1070. The van der Waals surface area contributed by atoms with Crippen LogP contribution in [0.4, 0.5) is 9.18 Å². The fraction of sp³-hybridized carbons (Fsp3) is 0.607. The molecule has 1 aromatic rings. The summed E-state index contributed by atoms with van der Waals surface area (Å²) in [5, 5.41) is 9.75. The lowest BCUT2D eigenvalue weighted by atomic mass is 9.91. The van der Waals surface area contributed by atoms with E-state index in [0.717, 1.165) is 43.9 Å². The minimum absolute atomic E-state index is 0.00546. The molecule has 1 aromatic carbocycles. The molecule has 0 radical (unpaired) electrons. The van der Waals surface area contributed by atoms with Crippen LogP contribution in [0, 0.1) is 23.1 Å². The predicted octanol–water partition coefficient (Wildman–Crippen LogP) is 3.59. The quantitative estimate of drug-likeness (QED) is 0.574. The monoisotopic (exact) mass is 513 g/mol. The highest BCUT2D eigenvalue weighted by Crippen LogP contribution is 2.27. The molecular formula is C28H36FN3O5. The molecule has 0 aromatic heterocycles. The molecule has 0 aliphatic carbocycles. The molecule has 3 heterocycles. The van der Waals surface area contributed by atoms with Crippen LogP contribution in [-0.2, 0) is 25.4 Å². The number of benzene rings is 1. The number of Topliss-reactive ketones (excluding diaryl/α,β-unsaturated/α-hetero) is 1. The van der Waals surface area contributed by atoms with Crippen molar-refractivity contribution in [3.05, 3.63) is 41.2 Å². The Balaban J connectivity index is 1.39. The van der Waals surface area contributed by atoms with E-state index in [0.29, 0.717) is 24.6 Å². The number of carbonyl (C=O) groups is 2. The second-order valence-electron chi connectivity index (χ2n) is 10.9. The maximum Gasteiger partial charge on any atom is 0.410 e. The molecule has 9 heteroatoms. The van der Waals surface area contributed by atoms with Crippen LogP contribution < -0.4 is 0 Å². The van der Waals surface area contributed by atoms with Gasteiger partial charge in [-0.15, -0.1) is 0 Å². The zero-order chi connectivity index (χ0) is 26.6. The molecule has 2 fully saturated rings. The summed E-state index contributed by atoms with van der Waals surface area (Å²) < 4.78 is 31.5. The molecule has 37 heavy (non-hydrogen) atoms. The molecule has 0 bridgehead atoms. The lowest BCUT2D eigenvalue weighted by Gasteiger charge is -2.38. The first-order valence-corrected chi connectivity index (χ1v) is 13.0. The summed E-state index contributed by atoms with van der Waals surface area (Å²) in [5.74, 6) is -1.97. The average Bonchev–Trinajstić information content (AvgIpc) is 3.08. The zero-order valence-corrected chi connectivity index (χ0v) is 21.9. The van der Waals surface area contributed by atoms with E-state index in [4.69, 9.17) is 14.2 Å². The van der Waals surface area contributed by atoms with E-state index in [2.05, 4.69) is 11.0 Å². The summed E-state index contributed by atoms with van der Waals surface area (Å²) >= 11 is 0. The molecule has 8 nitrogen and oxygen atoms in total. The van der Waals surface area contributed by atoms with Gasteiger partial charge < -0.3 is 19.1 Å². The van der Waals surface area contributed by atoms with Gasteiger partial charge in [0.05, 0.1) is 31.9 Å². The molecule has 3 aliphatic heterocycles. The summed E-state index contributed by atoms with van der Waals surface area (Å²) in [7, 11) is 0. The second kappa shape index (κ2) is 11.7. The molecule has 2 atom stereocenters. The van der Waals surface area contributed by atoms with Crippen molar-refractivity contribution in [3.8, 4) is 6.07 Å². The number of ether oxygens (including phenoxy) is 3. The lowest BCUT2D eigenvalue weighted by Crippen LogP contribution is -2.50. The van der Waals surface area contributed by atoms with E-state index in [1.807, 2.05) is 12.1 Å². The van der Waals surface area contributed by atoms with Crippen molar-refractivity contribution in [2.75, 3.05) is 46.0 Å². The maximum absolute atomic E-state index is 15.1. The van der Waals surface area contributed by atoms with Crippen molar-refractivity contribution < 1.29 is 28.2 Å². The number of halogens is 1. The van der Waals surface area contributed by atoms with Crippen LogP contribution in [0.15, 0.2) is 24.3 Å². The van der Waals surface area contributed by atoms with E-state index in [9.17, 15) is 14.9 Å². The van der Waals surface area contributed by atoms with Gasteiger partial charge >= 0.3 is 6.09 Å². The summed E-state index contributed by atoms with van der Waals surface area (Å²) in [5.41, 5.74) is 1.57. The SMILES string of the molecule is CC(C)(C)OC(=O)N1CCCO[C@H](C(=O)[C@H](C#N)Cc2ccc(C3=CCN(C4COC4)CC3)cc2F)C1. The Kier molecular flexibility index (Phi) is 8.63. The van der Waals surface area contributed by atoms with Gasteiger partial charge in [-0.3, -0.25) is 9.69 Å². The molecule has 0 saturated carbocycles. The van der Waals surface area contributed by atoms with E-state index in [1.54, 1.807) is 26.8 Å². The van der Waals surface area contributed by atoms with Crippen LogP contribution in [0.2, 0.25) is 0 Å². The number of carbonyl (C=O) groups excluding carboxylic acids is 2. The number of nitrogens with zero attached hydrogens (tertiary/aromatic N) is 3. The predicted molar refractivity (Wildman–Crippen MR) is 135 cm³/mol. The standard InChI is InChI=1S/C28H36FN3O5/c1-28(2,3)37-27(34)32-9-4-12-36-25(16-32)26(33)22(15-30)13-21-6-5-20(14-24(21)29)19-7-10-31(11-8-19)23-17-35-18-23/h5-7,14,22-23,25H,4,8-13,16-18H2,1-3H3/t22-,25-/m0/s1. The number of ketones is 1. The number of amides is 1. The van der Waals surface area contributed by atoms with Crippen molar-refractivity contribution in [2.45, 2.75) is 57.8 Å². The molecule has 3 aliphatic rings. The summed E-state index contributed by atoms with van der Waals surface area (Å²) in [6.07, 6.45) is 1.99. The Labute approximate surface area is 217 Å². The second-order valence-corrected chi connectivity index (χ2v) is 10.9. The highest BCUT2D eigenvalue weighted by molar-refractivity contribution is 5.88. The first kappa shape index (κ1) is 27.2. The molecule has 0 N–H and O–H groups in total. The molecule has 200 valence electrons. The van der Waals surface area contributed by atoms with Crippen LogP contribution in [0.1, 0.15) is 44.7 Å². The van der Waals surface area contributed by atoms with E-state index in [-0.39, 0.29) is 19.6 Å². The van der Waals surface area contributed by atoms with E-state index in [1.165, 1.54) is 11.0 Å². The van der Waals surface area contributed by atoms with Crippen molar-refractivity contribution in [2.24, 2.45) is 5.92 Å². The van der Waals surface area contributed by atoms with Crippen LogP contribution in [0.25, 0.3) is 5.57 Å². The molecule has 0 unspecified atom stereocenters. The fourth-order valence-electron chi connectivity index (χ4n) is 4.77. The third kappa shape index (κ3) is 6.95. The van der Waals surface area contributed by atoms with Gasteiger partial charge in [-0.1, -0.05) is 18.2 Å². The third-order valence-corrected chi connectivity index (χ3v) is 6.97. The largest absolute Gasteiger partial charge is 0.444 e. The molecular weight excluding hydrogens is 477 g/mol. The minimum atomic E-state index is -1.09. The van der Waals surface area contributed by atoms with Gasteiger partial charge in [0.25, 0.3) is 0 Å². The minimum Gasteiger partial charge on any atom is -0.444 e. The molecule has 0 spiro atoms. The van der Waals surface area contributed by atoms with Gasteiger partial charge in [-0.2, -0.15) is 5.26 Å². The maximum atomic E-state index is 15.1. The van der Waals surface area contributed by atoms with Crippen molar-refractivity contribution in [1.82, 2.24) is 9.80 Å². The van der Waals surface area contributed by atoms with Crippen molar-refractivity contribution in [1.29, 1.82) is 5.26 Å². The number of rotatable bonds is 6. The summed E-state index contributed by atoms with van der Waals surface area (Å²) in [6.45, 7) is 9.30. The number of hydrogen-bond acceptors (Lipinski definition) is 7. The lowest BCUT2D eigenvalue weighted by molar-refractivity contribution is -0.132. The Morgan fingerprint density at radius 1 is 1.27 bits per heavy atom. The summed E-state index contributed by atoms with van der Waals surface area (Å²) in [6, 6.07) is 7.52. The highest BCUT2D eigenvalue weighted by atomic mass is 19.1. The topological polar surface area (TPSA) is 92.1 Å². The van der Waals surface area contributed by atoms with Crippen LogP contribution in [-0.4, -0.2) is 85.4 Å². The van der Waals surface area contributed by atoms with E-state index >= 15 is 4.39 Å². The van der Waals surface area contributed by atoms with Crippen LogP contribution in [0.3, 0.4) is 0 Å². The van der Waals surface area contributed by atoms with Gasteiger partial charge in [0.2, 0.25) is 0 Å². The first-order chi connectivity index (χ1) is 17.6. The third-order valence-electron chi connectivity index (χ3n) is 6.97. The van der Waals surface area contributed by atoms with Crippen molar-refractivity contribution >= 4 is 17.4 Å². The summed E-state index contributed by atoms with van der Waals surface area (Å²) in [4.78, 5) is 29.6. The fourth-order valence-corrected chi connectivity index (χ4v) is 4.77. The molecule has 4 rings (SSSR count). The molecule has 2 saturated heterocycles.